The van der Waals surface area contributed by atoms with Gasteiger partial charge in [-0.25, -0.2) is 0 Å². The second kappa shape index (κ2) is 8.68. The van der Waals surface area contributed by atoms with Crippen LogP contribution in [0.2, 0.25) is 0 Å². The highest BCUT2D eigenvalue weighted by molar-refractivity contribution is 6.03. The van der Waals surface area contributed by atoms with Crippen LogP contribution in [0, 0.1) is 16.0 Å². The minimum atomic E-state index is -0.615. The lowest BCUT2D eigenvalue weighted by Gasteiger charge is -2.20. The molecule has 1 aliphatic heterocycles. The lowest BCUT2D eigenvalue weighted by atomic mass is 10.1. The van der Waals surface area contributed by atoms with Crippen molar-refractivity contribution in [3.05, 3.63) is 46.5 Å². The van der Waals surface area contributed by atoms with Crippen LogP contribution in [0.4, 0.5) is 17.1 Å². The molecule has 1 fully saturated rings. The predicted molar refractivity (Wildman–Crippen MR) is 108 cm³/mol. The van der Waals surface area contributed by atoms with Crippen LogP contribution in [0.25, 0.3) is 0 Å². The maximum Gasteiger partial charge on any atom is 0.271 e. The van der Waals surface area contributed by atoms with Gasteiger partial charge in [-0.1, -0.05) is 6.07 Å². The van der Waals surface area contributed by atoms with Gasteiger partial charge in [0.25, 0.3) is 5.69 Å². The number of carbonyl (C=O) groups is 2. The van der Waals surface area contributed by atoms with Crippen molar-refractivity contribution < 1.29 is 28.7 Å². The van der Waals surface area contributed by atoms with E-state index in [1.54, 1.807) is 18.2 Å². The number of anilines is 2. The van der Waals surface area contributed by atoms with Gasteiger partial charge in [0, 0.05) is 42.9 Å². The Kier molecular flexibility index (Phi) is 6.05. The maximum absolute atomic E-state index is 12.6. The molecule has 2 aromatic rings. The number of carbonyl (C=O) groups excluding carboxylic acids is 2. The molecule has 0 bridgehead atoms. The zero-order valence-corrected chi connectivity index (χ0v) is 16.7. The van der Waals surface area contributed by atoms with Crippen LogP contribution in [0.3, 0.4) is 0 Å². The molecule has 1 atom stereocenters. The van der Waals surface area contributed by atoms with Crippen molar-refractivity contribution in [3.8, 4) is 17.2 Å². The van der Waals surface area contributed by atoms with E-state index in [-0.39, 0.29) is 24.6 Å². The van der Waals surface area contributed by atoms with Crippen molar-refractivity contribution in [1.29, 1.82) is 0 Å². The number of benzene rings is 2. The Morgan fingerprint density at radius 3 is 2.37 bits per heavy atom. The second-order valence-corrected chi connectivity index (χ2v) is 6.59. The Hall–Kier alpha value is -3.82. The van der Waals surface area contributed by atoms with Gasteiger partial charge in [0.15, 0.2) is 11.5 Å². The summed E-state index contributed by atoms with van der Waals surface area (Å²) in [6.07, 6.45) is 0.0113. The topological polar surface area (TPSA) is 120 Å². The van der Waals surface area contributed by atoms with E-state index in [0.29, 0.717) is 28.6 Å². The first-order valence-electron chi connectivity index (χ1n) is 9.03. The number of rotatable bonds is 7. The minimum absolute atomic E-state index is 0.0113. The number of nitrogens with one attached hydrogen (secondary N) is 1. The molecule has 10 heteroatoms. The number of amides is 2. The average molecular weight is 415 g/mol. The summed E-state index contributed by atoms with van der Waals surface area (Å²) in [7, 11) is 4.43. The van der Waals surface area contributed by atoms with E-state index in [9.17, 15) is 19.7 Å². The van der Waals surface area contributed by atoms with Crippen molar-refractivity contribution in [2.75, 3.05) is 38.1 Å². The van der Waals surface area contributed by atoms with Gasteiger partial charge in [0.2, 0.25) is 17.6 Å². The highest BCUT2D eigenvalue weighted by atomic mass is 16.6. The Morgan fingerprint density at radius 2 is 1.80 bits per heavy atom. The third-order valence-corrected chi connectivity index (χ3v) is 4.78. The van der Waals surface area contributed by atoms with Crippen molar-refractivity contribution in [2.45, 2.75) is 6.42 Å². The molecule has 1 heterocycles. The van der Waals surface area contributed by atoms with Gasteiger partial charge in [-0.2, -0.15) is 0 Å². The molecule has 0 unspecified atom stereocenters. The monoisotopic (exact) mass is 415 g/mol. The van der Waals surface area contributed by atoms with Crippen molar-refractivity contribution >= 4 is 28.9 Å². The van der Waals surface area contributed by atoms with Gasteiger partial charge in [0.05, 0.1) is 37.9 Å². The van der Waals surface area contributed by atoms with Gasteiger partial charge in [-0.3, -0.25) is 19.7 Å². The summed E-state index contributed by atoms with van der Waals surface area (Å²) in [6.45, 7) is 0.151. The van der Waals surface area contributed by atoms with Crippen LogP contribution in [0.15, 0.2) is 36.4 Å². The molecule has 10 nitrogen and oxygen atoms in total. The van der Waals surface area contributed by atoms with Crippen LogP contribution >= 0.6 is 0 Å². The predicted octanol–water partition coefficient (Wildman–Crippen LogP) is 2.61. The van der Waals surface area contributed by atoms with Crippen LogP contribution < -0.4 is 24.4 Å². The van der Waals surface area contributed by atoms with Crippen LogP contribution in [-0.4, -0.2) is 44.6 Å². The molecule has 2 aromatic carbocycles. The molecule has 0 spiro atoms. The Bertz CT molecular complexity index is 967. The van der Waals surface area contributed by atoms with Gasteiger partial charge in [-0.05, 0) is 6.07 Å². The van der Waals surface area contributed by atoms with Crippen molar-refractivity contribution in [2.24, 2.45) is 5.92 Å². The van der Waals surface area contributed by atoms with E-state index in [4.69, 9.17) is 14.2 Å². The molecule has 2 amide bonds. The zero-order chi connectivity index (χ0) is 21.8. The van der Waals surface area contributed by atoms with E-state index in [1.165, 1.54) is 44.4 Å². The fourth-order valence-electron chi connectivity index (χ4n) is 3.30. The minimum Gasteiger partial charge on any atom is -0.493 e. The Labute approximate surface area is 172 Å². The zero-order valence-electron chi connectivity index (χ0n) is 16.7. The van der Waals surface area contributed by atoms with Gasteiger partial charge < -0.3 is 24.4 Å². The number of nitro groups is 1. The molecule has 158 valence electrons. The average Bonchev–Trinajstić information content (AvgIpc) is 3.14. The van der Waals surface area contributed by atoms with E-state index in [2.05, 4.69) is 5.32 Å². The molecule has 0 saturated carbocycles. The molecule has 0 radical (unpaired) electrons. The lowest BCUT2D eigenvalue weighted by molar-refractivity contribution is -0.384. The first kappa shape index (κ1) is 20.9. The van der Waals surface area contributed by atoms with Gasteiger partial charge in [0.1, 0.15) is 0 Å². The highest BCUT2D eigenvalue weighted by Gasteiger charge is 2.36. The van der Waals surface area contributed by atoms with E-state index < -0.39 is 16.7 Å². The van der Waals surface area contributed by atoms with Crippen LogP contribution in [-0.2, 0) is 9.59 Å². The fourth-order valence-corrected chi connectivity index (χ4v) is 3.30. The smallest absolute Gasteiger partial charge is 0.271 e. The molecule has 0 aromatic heterocycles. The third-order valence-electron chi connectivity index (χ3n) is 4.78. The molecule has 1 N–H and O–H groups in total. The summed E-state index contributed by atoms with van der Waals surface area (Å²) >= 11 is 0. The fraction of sp³-hybridized carbons (Fsp3) is 0.300. The third kappa shape index (κ3) is 4.12. The van der Waals surface area contributed by atoms with E-state index in [1.807, 2.05) is 0 Å². The van der Waals surface area contributed by atoms with Crippen molar-refractivity contribution in [3.63, 3.8) is 0 Å². The standard InChI is InChI=1S/C20H21N3O7/c1-28-16-9-15(10-17(29-2)19(16)30-3)22-11-12(7-18(22)24)20(25)21-13-5-4-6-14(8-13)23(26)27/h4-6,8-10,12H,7,11H2,1-3H3,(H,21,25)/t12-/m0/s1. The maximum atomic E-state index is 12.6. The molecular formula is C20H21N3O7. The highest BCUT2D eigenvalue weighted by Crippen LogP contribution is 2.42. The second-order valence-electron chi connectivity index (χ2n) is 6.59. The molecule has 1 saturated heterocycles. The summed E-state index contributed by atoms with van der Waals surface area (Å²) in [6, 6.07) is 8.92. The number of hydrogen-bond donors (Lipinski definition) is 1. The number of ether oxygens (including phenoxy) is 3. The van der Waals surface area contributed by atoms with Crippen molar-refractivity contribution in [1.82, 2.24) is 0 Å². The SMILES string of the molecule is COc1cc(N2C[C@@H](C(=O)Nc3cccc([N+](=O)[O-])c3)CC2=O)cc(OC)c1OC. The largest absolute Gasteiger partial charge is 0.493 e. The number of non-ortho nitro benzene ring substituents is 1. The lowest BCUT2D eigenvalue weighted by Crippen LogP contribution is -2.28. The summed E-state index contributed by atoms with van der Waals surface area (Å²) in [5.41, 5.74) is 0.683. The van der Waals surface area contributed by atoms with Crippen LogP contribution in [0.1, 0.15) is 6.42 Å². The van der Waals surface area contributed by atoms with Gasteiger partial charge in [-0.15, -0.1) is 0 Å². The number of nitro benzene ring substituents is 1. The first-order chi connectivity index (χ1) is 14.4. The van der Waals surface area contributed by atoms with E-state index >= 15 is 0 Å². The van der Waals surface area contributed by atoms with Gasteiger partial charge >= 0.3 is 0 Å². The normalized spacial score (nSPS) is 15.6. The van der Waals surface area contributed by atoms with E-state index in [0.717, 1.165) is 0 Å². The number of nitrogens with zero attached hydrogens (tertiary/aromatic N) is 2. The molecule has 30 heavy (non-hydrogen) atoms. The quantitative estimate of drug-likeness (QED) is 0.545. The summed E-state index contributed by atoms with van der Waals surface area (Å²) < 4.78 is 15.9. The number of hydrogen-bond acceptors (Lipinski definition) is 7. The first-order valence-corrected chi connectivity index (χ1v) is 9.03. The summed E-state index contributed by atoms with van der Waals surface area (Å²) in [4.78, 5) is 37.1. The molecule has 0 aliphatic carbocycles. The Morgan fingerprint density at radius 1 is 1.13 bits per heavy atom. The molecular weight excluding hydrogens is 394 g/mol. The summed E-state index contributed by atoms with van der Waals surface area (Å²) in [5.74, 6) is -0.0539. The molecule has 3 rings (SSSR count). The van der Waals surface area contributed by atoms with Crippen LogP contribution in [0.5, 0.6) is 17.2 Å². The molecule has 1 aliphatic rings. The number of methoxy groups -OCH3 is 3. The Balaban J connectivity index is 1.79. The summed E-state index contributed by atoms with van der Waals surface area (Å²) in [5, 5.41) is 13.5.